The molecule has 0 unspecified atom stereocenters. The number of nitrogens with one attached hydrogen (secondary N) is 1. The maximum atomic E-state index is 13.2. The molecule has 7 nitrogen and oxygen atoms in total. The Labute approximate surface area is 164 Å². The molecule has 0 bridgehead atoms. The van der Waals surface area contributed by atoms with Crippen LogP contribution < -0.4 is 5.32 Å². The standard InChI is InChI=1S/C17H15ClF2N2O5S/c1-22(2)28(25,26)11-5-3-4-10(6-11)21-16(23)9-27-17(24)12-7-14(19)15(20)8-13(12)18/h3-8H,9H2,1-2H3,(H,21,23). The first kappa shape index (κ1) is 21.7. The first-order chi connectivity index (χ1) is 13.0. The van der Waals surface area contributed by atoms with Gasteiger partial charge in [0.2, 0.25) is 10.0 Å². The van der Waals surface area contributed by atoms with Crippen LogP contribution in [0.2, 0.25) is 5.02 Å². The summed E-state index contributed by atoms with van der Waals surface area (Å²) < 4.78 is 56.2. The zero-order chi connectivity index (χ0) is 21.1. The first-order valence-corrected chi connectivity index (χ1v) is 9.48. The zero-order valence-electron chi connectivity index (χ0n) is 14.7. The molecule has 0 saturated carbocycles. The van der Waals surface area contributed by atoms with Gasteiger partial charge in [-0.25, -0.2) is 26.3 Å². The minimum Gasteiger partial charge on any atom is -0.452 e. The molecule has 0 aliphatic carbocycles. The van der Waals surface area contributed by atoms with Crippen LogP contribution >= 0.6 is 11.6 Å². The van der Waals surface area contributed by atoms with Gasteiger partial charge in [-0.05, 0) is 30.3 Å². The summed E-state index contributed by atoms with van der Waals surface area (Å²) in [7, 11) is -0.964. The molecule has 28 heavy (non-hydrogen) atoms. The number of anilines is 1. The number of hydrogen-bond donors (Lipinski definition) is 1. The smallest absolute Gasteiger partial charge is 0.340 e. The maximum absolute atomic E-state index is 13.2. The van der Waals surface area contributed by atoms with Crippen molar-refractivity contribution in [3.63, 3.8) is 0 Å². The second-order valence-electron chi connectivity index (χ2n) is 5.69. The Morgan fingerprint density at radius 3 is 2.43 bits per heavy atom. The van der Waals surface area contributed by atoms with E-state index < -0.39 is 45.7 Å². The van der Waals surface area contributed by atoms with Crippen LogP contribution in [0.4, 0.5) is 14.5 Å². The number of carbonyl (C=O) groups excluding carboxylic acids is 2. The molecule has 150 valence electrons. The average molecular weight is 433 g/mol. The fraction of sp³-hybridized carbons (Fsp3) is 0.176. The predicted molar refractivity (Wildman–Crippen MR) is 97.6 cm³/mol. The predicted octanol–water partition coefficient (Wildman–Crippen LogP) is 2.66. The van der Waals surface area contributed by atoms with E-state index in [1.807, 2.05) is 0 Å². The van der Waals surface area contributed by atoms with Crippen molar-refractivity contribution >= 4 is 39.2 Å². The number of benzene rings is 2. The monoisotopic (exact) mass is 432 g/mol. The summed E-state index contributed by atoms with van der Waals surface area (Å²) in [5, 5.41) is 2.00. The molecule has 0 spiro atoms. The summed E-state index contributed by atoms with van der Waals surface area (Å²) in [4.78, 5) is 23.8. The molecule has 2 aromatic carbocycles. The molecule has 1 amide bonds. The van der Waals surface area contributed by atoms with Gasteiger partial charge in [-0.3, -0.25) is 4.79 Å². The Morgan fingerprint density at radius 1 is 1.14 bits per heavy atom. The summed E-state index contributed by atoms with van der Waals surface area (Å²) >= 11 is 5.66. The highest BCUT2D eigenvalue weighted by Crippen LogP contribution is 2.21. The molecule has 0 saturated heterocycles. The van der Waals surface area contributed by atoms with Gasteiger partial charge in [0.1, 0.15) is 0 Å². The molecule has 2 aromatic rings. The summed E-state index contributed by atoms with van der Waals surface area (Å²) in [6.07, 6.45) is 0. The maximum Gasteiger partial charge on any atom is 0.340 e. The van der Waals surface area contributed by atoms with Gasteiger partial charge in [-0.1, -0.05) is 17.7 Å². The number of rotatable bonds is 6. The molecule has 0 aliphatic rings. The van der Waals surface area contributed by atoms with Crippen molar-refractivity contribution < 1.29 is 31.5 Å². The molecular formula is C17H15ClF2N2O5S. The van der Waals surface area contributed by atoms with Crippen molar-refractivity contribution in [1.29, 1.82) is 0 Å². The van der Waals surface area contributed by atoms with E-state index in [1.54, 1.807) is 0 Å². The lowest BCUT2D eigenvalue weighted by Gasteiger charge is -2.13. The van der Waals surface area contributed by atoms with Crippen LogP contribution in [0.15, 0.2) is 41.3 Å². The minimum atomic E-state index is -3.69. The molecule has 0 radical (unpaired) electrons. The van der Waals surface area contributed by atoms with Gasteiger partial charge in [-0.15, -0.1) is 0 Å². The van der Waals surface area contributed by atoms with Crippen LogP contribution in [0, 0.1) is 11.6 Å². The Balaban J connectivity index is 2.04. The van der Waals surface area contributed by atoms with Crippen molar-refractivity contribution in [2.75, 3.05) is 26.0 Å². The Bertz CT molecular complexity index is 1030. The SMILES string of the molecule is CN(C)S(=O)(=O)c1cccc(NC(=O)COC(=O)c2cc(F)c(F)cc2Cl)c1. The number of esters is 1. The van der Waals surface area contributed by atoms with Crippen LogP contribution in [0.5, 0.6) is 0 Å². The Morgan fingerprint density at radius 2 is 1.79 bits per heavy atom. The van der Waals surface area contributed by atoms with Gasteiger partial charge < -0.3 is 10.1 Å². The van der Waals surface area contributed by atoms with E-state index in [1.165, 1.54) is 38.4 Å². The summed E-state index contributed by atoms with van der Waals surface area (Å²) in [5.74, 6) is -4.42. The van der Waals surface area contributed by atoms with Crippen molar-refractivity contribution in [3.05, 3.63) is 58.6 Å². The van der Waals surface area contributed by atoms with Gasteiger partial charge in [0, 0.05) is 19.8 Å². The Hall–Kier alpha value is -2.56. The van der Waals surface area contributed by atoms with E-state index in [9.17, 15) is 26.8 Å². The van der Waals surface area contributed by atoms with Crippen LogP contribution in [0.1, 0.15) is 10.4 Å². The molecule has 0 atom stereocenters. The normalized spacial score (nSPS) is 11.4. The average Bonchev–Trinajstić information content (AvgIpc) is 2.62. The van der Waals surface area contributed by atoms with E-state index in [4.69, 9.17) is 16.3 Å². The van der Waals surface area contributed by atoms with E-state index in [0.717, 1.165) is 4.31 Å². The largest absolute Gasteiger partial charge is 0.452 e. The van der Waals surface area contributed by atoms with Crippen molar-refractivity contribution in [3.8, 4) is 0 Å². The van der Waals surface area contributed by atoms with Gasteiger partial charge in [-0.2, -0.15) is 0 Å². The van der Waals surface area contributed by atoms with Crippen LogP contribution in [0.3, 0.4) is 0 Å². The van der Waals surface area contributed by atoms with Crippen LogP contribution in [-0.4, -0.2) is 45.3 Å². The van der Waals surface area contributed by atoms with Crippen molar-refractivity contribution in [2.24, 2.45) is 0 Å². The molecular weight excluding hydrogens is 418 g/mol. The lowest BCUT2D eigenvalue weighted by molar-refractivity contribution is -0.119. The van der Waals surface area contributed by atoms with Crippen LogP contribution in [0.25, 0.3) is 0 Å². The summed E-state index contributed by atoms with van der Waals surface area (Å²) in [5.41, 5.74) is -0.276. The third kappa shape index (κ3) is 5.03. The number of sulfonamides is 1. The topological polar surface area (TPSA) is 92.8 Å². The number of hydrogen-bond acceptors (Lipinski definition) is 5. The Kier molecular flexibility index (Phi) is 6.70. The second-order valence-corrected chi connectivity index (χ2v) is 8.24. The molecule has 0 heterocycles. The van der Waals surface area contributed by atoms with E-state index in [0.29, 0.717) is 12.1 Å². The lowest BCUT2D eigenvalue weighted by atomic mass is 10.2. The molecule has 1 N–H and O–H groups in total. The number of ether oxygens (including phenoxy) is 1. The zero-order valence-corrected chi connectivity index (χ0v) is 16.3. The van der Waals surface area contributed by atoms with Gasteiger partial charge in [0.05, 0.1) is 15.5 Å². The van der Waals surface area contributed by atoms with Crippen molar-refractivity contribution in [1.82, 2.24) is 4.31 Å². The van der Waals surface area contributed by atoms with Gasteiger partial charge >= 0.3 is 5.97 Å². The lowest BCUT2D eigenvalue weighted by Crippen LogP contribution is -2.23. The molecule has 0 aliphatic heterocycles. The summed E-state index contributed by atoms with van der Waals surface area (Å²) in [6, 6.07) is 6.65. The molecule has 11 heteroatoms. The first-order valence-electron chi connectivity index (χ1n) is 7.66. The highest BCUT2D eigenvalue weighted by atomic mass is 35.5. The van der Waals surface area contributed by atoms with Gasteiger partial charge in [0.25, 0.3) is 5.91 Å². The number of nitrogens with zero attached hydrogens (tertiary/aromatic N) is 1. The molecule has 2 rings (SSSR count). The number of carbonyl (C=O) groups is 2. The highest BCUT2D eigenvalue weighted by molar-refractivity contribution is 7.89. The minimum absolute atomic E-state index is 0.0409. The molecule has 0 fully saturated rings. The third-order valence-electron chi connectivity index (χ3n) is 3.46. The third-order valence-corrected chi connectivity index (χ3v) is 5.58. The number of amides is 1. The molecule has 0 aromatic heterocycles. The van der Waals surface area contributed by atoms with Gasteiger partial charge in [0.15, 0.2) is 18.2 Å². The number of halogens is 3. The quantitative estimate of drug-likeness (QED) is 0.559. The van der Waals surface area contributed by atoms with E-state index in [2.05, 4.69) is 5.32 Å². The highest BCUT2D eigenvalue weighted by Gasteiger charge is 2.19. The summed E-state index contributed by atoms with van der Waals surface area (Å²) in [6.45, 7) is -0.751. The van der Waals surface area contributed by atoms with Crippen molar-refractivity contribution in [2.45, 2.75) is 4.90 Å². The van der Waals surface area contributed by atoms with E-state index in [-0.39, 0.29) is 15.6 Å². The van der Waals surface area contributed by atoms with Crippen LogP contribution in [-0.2, 0) is 19.6 Å². The second kappa shape index (κ2) is 8.63. The fourth-order valence-electron chi connectivity index (χ4n) is 2.03. The van der Waals surface area contributed by atoms with E-state index >= 15 is 0 Å². The fourth-order valence-corrected chi connectivity index (χ4v) is 3.21.